The second-order valence-electron chi connectivity index (χ2n) is 6.79. The van der Waals surface area contributed by atoms with Gasteiger partial charge in [0, 0.05) is 6.54 Å². The number of thioether (sulfide) groups is 1. The van der Waals surface area contributed by atoms with Crippen molar-refractivity contribution in [2.24, 2.45) is 0 Å². The number of hydrogen-bond acceptors (Lipinski definition) is 8. The summed E-state index contributed by atoms with van der Waals surface area (Å²) in [6.07, 6.45) is 1.71. The molecule has 3 aromatic rings. The Bertz CT molecular complexity index is 1170. The molecular weight excluding hydrogens is 480 g/mol. The number of aromatic nitrogens is 3. The molecule has 1 amide bonds. The molecule has 0 saturated heterocycles. The van der Waals surface area contributed by atoms with Crippen LogP contribution in [-0.4, -0.2) is 46.6 Å². The van der Waals surface area contributed by atoms with E-state index in [1.807, 2.05) is 4.57 Å². The number of ether oxygens (including phenoxy) is 3. The van der Waals surface area contributed by atoms with Crippen molar-refractivity contribution in [3.05, 3.63) is 71.5 Å². The lowest BCUT2D eigenvalue weighted by Crippen LogP contribution is -2.16. The number of nitrogens with zero attached hydrogens (tertiary/aromatic N) is 3. The van der Waals surface area contributed by atoms with Crippen molar-refractivity contribution in [2.75, 3.05) is 25.3 Å². The molecule has 0 aliphatic heterocycles. The first-order chi connectivity index (χ1) is 16.4. The maximum absolute atomic E-state index is 12.5. The number of carbonyl (C=O) groups is 2. The van der Waals surface area contributed by atoms with Crippen LogP contribution < -0.4 is 14.8 Å². The van der Waals surface area contributed by atoms with Crippen molar-refractivity contribution in [1.82, 2.24) is 14.8 Å². The molecule has 3 rings (SSSR count). The van der Waals surface area contributed by atoms with E-state index < -0.39 is 5.97 Å². The van der Waals surface area contributed by atoms with Gasteiger partial charge in [0.25, 0.3) is 0 Å². The second-order valence-corrected chi connectivity index (χ2v) is 8.14. The van der Waals surface area contributed by atoms with Crippen LogP contribution in [0.4, 0.5) is 5.69 Å². The van der Waals surface area contributed by atoms with Gasteiger partial charge in [0.2, 0.25) is 5.91 Å². The summed E-state index contributed by atoms with van der Waals surface area (Å²) in [4.78, 5) is 24.2. The predicted octanol–water partition coefficient (Wildman–Crippen LogP) is 4.22. The number of allylic oxidation sites excluding steroid dienone is 1. The summed E-state index contributed by atoms with van der Waals surface area (Å²) in [7, 11) is 2.88. The smallest absolute Gasteiger partial charge is 0.337 e. The zero-order valence-corrected chi connectivity index (χ0v) is 20.2. The van der Waals surface area contributed by atoms with Crippen LogP contribution >= 0.6 is 23.4 Å². The lowest BCUT2D eigenvalue weighted by molar-refractivity contribution is -0.113. The predicted molar refractivity (Wildman–Crippen MR) is 130 cm³/mol. The third-order valence-electron chi connectivity index (χ3n) is 4.53. The molecule has 0 unspecified atom stereocenters. The Balaban J connectivity index is 1.63. The summed E-state index contributed by atoms with van der Waals surface area (Å²) in [5, 5.41) is 11.9. The van der Waals surface area contributed by atoms with E-state index in [-0.39, 0.29) is 23.8 Å². The Morgan fingerprint density at radius 1 is 1.15 bits per heavy atom. The molecular formula is C23H23ClN4O5S. The second kappa shape index (κ2) is 12.1. The number of hydrogen-bond donors (Lipinski definition) is 1. The highest BCUT2D eigenvalue weighted by Gasteiger charge is 2.16. The number of nitrogens with one attached hydrogen (secondary N) is 1. The average Bonchev–Trinajstić information content (AvgIpc) is 3.24. The summed E-state index contributed by atoms with van der Waals surface area (Å²) in [5.41, 5.74) is 0.596. The van der Waals surface area contributed by atoms with Crippen LogP contribution in [0.2, 0.25) is 5.02 Å². The SMILES string of the molecule is C=CCn1c(COc2ccc(OC)cc2)nnc1SCC(=O)Nc1cc(C(=O)OC)ccc1Cl. The number of anilines is 1. The van der Waals surface area contributed by atoms with E-state index in [1.165, 1.54) is 37.1 Å². The minimum atomic E-state index is -0.525. The Labute approximate surface area is 206 Å². The Morgan fingerprint density at radius 2 is 1.88 bits per heavy atom. The molecule has 0 aliphatic carbocycles. The average molecular weight is 503 g/mol. The topological polar surface area (TPSA) is 105 Å². The highest BCUT2D eigenvalue weighted by atomic mass is 35.5. The monoisotopic (exact) mass is 502 g/mol. The van der Waals surface area contributed by atoms with Crippen molar-refractivity contribution in [3.8, 4) is 11.5 Å². The Hall–Kier alpha value is -3.50. The van der Waals surface area contributed by atoms with Crippen LogP contribution in [0.25, 0.3) is 0 Å². The number of benzene rings is 2. The van der Waals surface area contributed by atoms with Gasteiger partial charge in [-0.05, 0) is 42.5 Å². The van der Waals surface area contributed by atoms with Gasteiger partial charge < -0.3 is 19.5 Å². The van der Waals surface area contributed by atoms with Crippen LogP contribution in [0, 0.1) is 0 Å². The largest absolute Gasteiger partial charge is 0.497 e. The molecule has 0 aliphatic rings. The van der Waals surface area contributed by atoms with Crippen molar-refractivity contribution in [3.63, 3.8) is 0 Å². The van der Waals surface area contributed by atoms with Gasteiger partial charge in [-0.15, -0.1) is 16.8 Å². The quantitative estimate of drug-likeness (QED) is 0.236. The highest BCUT2D eigenvalue weighted by Crippen LogP contribution is 2.25. The normalized spacial score (nSPS) is 10.4. The standard InChI is InChI=1S/C23H23ClN4O5S/c1-4-11-28-20(13-33-17-8-6-16(31-2)7-9-17)26-27-23(28)34-14-21(29)25-19-12-15(22(30)32-3)5-10-18(19)24/h4-10,12H,1,11,13-14H2,2-3H3,(H,25,29). The molecule has 0 fully saturated rings. The molecule has 1 heterocycles. The third-order valence-corrected chi connectivity index (χ3v) is 5.82. The molecule has 9 nitrogen and oxygen atoms in total. The third kappa shape index (κ3) is 6.52. The number of methoxy groups -OCH3 is 2. The molecule has 178 valence electrons. The molecule has 34 heavy (non-hydrogen) atoms. The van der Waals surface area contributed by atoms with E-state index in [9.17, 15) is 9.59 Å². The van der Waals surface area contributed by atoms with Gasteiger partial charge in [-0.3, -0.25) is 9.36 Å². The van der Waals surface area contributed by atoms with Crippen LogP contribution in [0.15, 0.2) is 60.3 Å². The van der Waals surface area contributed by atoms with Gasteiger partial charge in [0.05, 0.1) is 36.2 Å². The van der Waals surface area contributed by atoms with E-state index >= 15 is 0 Å². The zero-order valence-electron chi connectivity index (χ0n) is 18.6. The summed E-state index contributed by atoms with van der Waals surface area (Å²) >= 11 is 7.35. The lowest BCUT2D eigenvalue weighted by atomic mass is 10.2. The number of carbonyl (C=O) groups excluding carboxylic acids is 2. The van der Waals surface area contributed by atoms with E-state index in [1.54, 1.807) is 37.5 Å². The van der Waals surface area contributed by atoms with Gasteiger partial charge in [0.15, 0.2) is 11.0 Å². The molecule has 11 heteroatoms. The minimum Gasteiger partial charge on any atom is -0.497 e. The first kappa shape index (κ1) is 25.1. The fourth-order valence-electron chi connectivity index (χ4n) is 2.85. The maximum atomic E-state index is 12.5. The first-order valence-electron chi connectivity index (χ1n) is 10.1. The molecule has 2 aromatic carbocycles. The maximum Gasteiger partial charge on any atom is 0.337 e. The first-order valence-corrected chi connectivity index (χ1v) is 11.4. The van der Waals surface area contributed by atoms with Crippen molar-refractivity contribution in [1.29, 1.82) is 0 Å². The molecule has 0 atom stereocenters. The number of amides is 1. The van der Waals surface area contributed by atoms with Gasteiger partial charge in [0.1, 0.15) is 18.1 Å². The van der Waals surface area contributed by atoms with Crippen LogP contribution in [-0.2, 0) is 22.7 Å². The Morgan fingerprint density at radius 3 is 2.56 bits per heavy atom. The lowest BCUT2D eigenvalue weighted by Gasteiger charge is -2.10. The summed E-state index contributed by atoms with van der Waals surface area (Å²) in [5.74, 6) is 1.19. The van der Waals surface area contributed by atoms with Crippen LogP contribution in [0.3, 0.4) is 0 Å². The fourth-order valence-corrected chi connectivity index (χ4v) is 3.78. The van der Waals surface area contributed by atoms with Crippen molar-refractivity contribution < 1.29 is 23.8 Å². The van der Waals surface area contributed by atoms with Gasteiger partial charge in [-0.1, -0.05) is 29.4 Å². The van der Waals surface area contributed by atoms with E-state index in [4.69, 9.17) is 25.8 Å². The Kier molecular flexibility index (Phi) is 8.94. The van der Waals surface area contributed by atoms with Crippen molar-refractivity contribution >= 4 is 40.9 Å². The van der Waals surface area contributed by atoms with Crippen molar-refractivity contribution in [2.45, 2.75) is 18.3 Å². The minimum absolute atomic E-state index is 0.0490. The van der Waals surface area contributed by atoms with Crippen LogP contribution in [0.5, 0.6) is 11.5 Å². The molecule has 0 spiro atoms. The van der Waals surface area contributed by atoms with Crippen LogP contribution in [0.1, 0.15) is 16.2 Å². The number of halogens is 1. The number of esters is 1. The zero-order chi connectivity index (χ0) is 24.5. The summed E-state index contributed by atoms with van der Waals surface area (Å²) in [6.45, 7) is 4.41. The van der Waals surface area contributed by atoms with E-state index in [0.29, 0.717) is 34.0 Å². The van der Waals surface area contributed by atoms with Gasteiger partial charge >= 0.3 is 5.97 Å². The molecule has 1 N–H and O–H groups in total. The van der Waals surface area contributed by atoms with E-state index in [2.05, 4.69) is 22.1 Å². The van der Waals surface area contributed by atoms with Gasteiger partial charge in [-0.25, -0.2) is 4.79 Å². The summed E-state index contributed by atoms with van der Waals surface area (Å²) < 4.78 is 17.5. The highest BCUT2D eigenvalue weighted by molar-refractivity contribution is 7.99. The molecule has 0 radical (unpaired) electrons. The molecule has 1 aromatic heterocycles. The van der Waals surface area contributed by atoms with E-state index in [0.717, 1.165) is 5.75 Å². The number of rotatable bonds is 11. The summed E-state index contributed by atoms with van der Waals surface area (Å²) in [6, 6.07) is 11.7. The van der Waals surface area contributed by atoms with Gasteiger partial charge in [-0.2, -0.15) is 0 Å². The fraction of sp³-hybridized carbons (Fsp3) is 0.217. The molecule has 0 bridgehead atoms. The molecule has 0 saturated carbocycles.